The van der Waals surface area contributed by atoms with Gasteiger partial charge in [-0.2, -0.15) is 0 Å². The van der Waals surface area contributed by atoms with Crippen LogP contribution in [0.3, 0.4) is 0 Å². The second kappa shape index (κ2) is 5.33. The lowest BCUT2D eigenvalue weighted by atomic mass is 10.4. The van der Waals surface area contributed by atoms with Crippen LogP contribution >= 0.6 is 12.2 Å². The third kappa shape index (κ3) is 3.51. The average Bonchev–Trinajstić information content (AvgIpc) is 2.17. The van der Waals surface area contributed by atoms with Crippen LogP contribution in [0.15, 0.2) is 29.2 Å². The van der Waals surface area contributed by atoms with Crippen molar-refractivity contribution in [1.29, 1.82) is 0 Å². The van der Waals surface area contributed by atoms with E-state index in [0.717, 1.165) is 6.07 Å². The van der Waals surface area contributed by atoms with E-state index in [-0.39, 0.29) is 22.8 Å². The van der Waals surface area contributed by atoms with Gasteiger partial charge in [-0.3, -0.25) is 0 Å². The van der Waals surface area contributed by atoms with Gasteiger partial charge < -0.3 is 5.73 Å². The zero-order chi connectivity index (χ0) is 12.2. The van der Waals surface area contributed by atoms with Crippen molar-refractivity contribution in [2.45, 2.75) is 11.3 Å². The first-order valence-corrected chi connectivity index (χ1v) is 6.35. The number of thiocarbonyl (C=S) groups is 1. The smallest absolute Gasteiger partial charge is 0.243 e. The molecule has 0 radical (unpaired) electrons. The molecule has 3 N–H and O–H groups in total. The van der Waals surface area contributed by atoms with Gasteiger partial charge in [0.1, 0.15) is 10.7 Å². The van der Waals surface area contributed by atoms with Crippen LogP contribution in [0, 0.1) is 5.82 Å². The van der Waals surface area contributed by atoms with Gasteiger partial charge in [0.05, 0.1) is 4.99 Å². The van der Waals surface area contributed by atoms with E-state index in [0.29, 0.717) is 0 Å². The molecule has 0 bridgehead atoms. The normalized spacial score (nSPS) is 11.3. The molecular formula is C9H11FN2O2S2. The number of halogens is 1. The summed E-state index contributed by atoms with van der Waals surface area (Å²) in [5, 5.41) is 0. The molecule has 0 fully saturated rings. The fraction of sp³-hybridized carbons (Fsp3) is 0.222. The van der Waals surface area contributed by atoms with Crippen LogP contribution in [-0.4, -0.2) is 20.0 Å². The van der Waals surface area contributed by atoms with E-state index in [1.807, 2.05) is 0 Å². The summed E-state index contributed by atoms with van der Waals surface area (Å²) in [6.45, 7) is 0.0615. The molecule has 16 heavy (non-hydrogen) atoms. The fourth-order valence-corrected chi connectivity index (χ4v) is 2.26. The molecule has 0 heterocycles. The van der Waals surface area contributed by atoms with E-state index < -0.39 is 15.8 Å². The van der Waals surface area contributed by atoms with Crippen LogP contribution < -0.4 is 10.5 Å². The summed E-state index contributed by atoms with van der Waals surface area (Å²) in [5.41, 5.74) is 5.21. The minimum absolute atomic E-state index is 0.0615. The number of nitrogens with one attached hydrogen (secondary N) is 1. The van der Waals surface area contributed by atoms with Gasteiger partial charge in [-0.05, 0) is 12.1 Å². The first kappa shape index (κ1) is 13.0. The van der Waals surface area contributed by atoms with Gasteiger partial charge in [0.25, 0.3) is 0 Å². The quantitative estimate of drug-likeness (QED) is 0.769. The molecule has 0 aliphatic heterocycles. The Morgan fingerprint density at radius 1 is 1.44 bits per heavy atom. The highest BCUT2D eigenvalue weighted by molar-refractivity contribution is 7.89. The molecule has 0 amide bonds. The number of hydrogen-bond acceptors (Lipinski definition) is 3. The standard InChI is InChI=1S/C9H11FN2O2S2/c10-7-3-1-2-4-8(7)16(13,14)12-6-5-9(11)15/h1-4,12H,5-6H2,(H2,11,15). The Morgan fingerprint density at radius 3 is 2.62 bits per heavy atom. The number of sulfonamides is 1. The Labute approximate surface area is 98.7 Å². The molecule has 1 aromatic carbocycles. The predicted molar refractivity (Wildman–Crippen MR) is 63.0 cm³/mol. The summed E-state index contributed by atoms with van der Waals surface area (Å²) in [7, 11) is -3.83. The lowest BCUT2D eigenvalue weighted by Gasteiger charge is -2.06. The van der Waals surface area contributed by atoms with Crippen molar-refractivity contribution in [1.82, 2.24) is 4.72 Å². The summed E-state index contributed by atoms with van der Waals surface area (Å²) in [6, 6.07) is 5.15. The molecule has 0 aromatic heterocycles. The van der Waals surface area contributed by atoms with Gasteiger partial charge in [-0.15, -0.1) is 0 Å². The Kier molecular flexibility index (Phi) is 4.34. The van der Waals surface area contributed by atoms with Crippen molar-refractivity contribution in [3.63, 3.8) is 0 Å². The van der Waals surface area contributed by atoms with Gasteiger partial charge in [0, 0.05) is 13.0 Å². The molecule has 0 aliphatic rings. The molecule has 88 valence electrons. The first-order valence-electron chi connectivity index (χ1n) is 4.46. The van der Waals surface area contributed by atoms with Crippen LogP contribution in [0.5, 0.6) is 0 Å². The summed E-state index contributed by atoms with van der Waals surface area (Å²) in [5.74, 6) is -0.787. The van der Waals surface area contributed by atoms with Gasteiger partial charge >= 0.3 is 0 Å². The number of nitrogens with two attached hydrogens (primary N) is 1. The van der Waals surface area contributed by atoms with Crippen LogP contribution in [0.4, 0.5) is 4.39 Å². The molecule has 0 unspecified atom stereocenters. The highest BCUT2D eigenvalue weighted by atomic mass is 32.2. The highest BCUT2D eigenvalue weighted by Crippen LogP contribution is 2.12. The van der Waals surface area contributed by atoms with Crippen molar-refractivity contribution in [2.24, 2.45) is 5.73 Å². The average molecular weight is 262 g/mol. The molecular weight excluding hydrogens is 251 g/mol. The van der Waals surface area contributed by atoms with Crippen molar-refractivity contribution in [2.75, 3.05) is 6.54 Å². The van der Waals surface area contributed by atoms with Crippen LogP contribution in [-0.2, 0) is 10.0 Å². The Hall–Kier alpha value is -1.05. The van der Waals surface area contributed by atoms with Gasteiger partial charge in [-0.25, -0.2) is 17.5 Å². The third-order valence-corrected chi connectivity index (χ3v) is 3.49. The summed E-state index contributed by atoms with van der Waals surface area (Å²) >= 11 is 4.60. The monoisotopic (exact) mass is 262 g/mol. The van der Waals surface area contributed by atoms with Gasteiger partial charge in [0.2, 0.25) is 10.0 Å². The summed E-state index contributed by atoms with van der Waals surface area (Å²) in [4.78, 5) is -0.172. The molecule has 7 heteroatoms. The SMILES string of the molecule is NC(=S)CCNS(=O)(=O)c1ccccc1F. The molecule has 0 saturated carbocycles. The van der Waals surface area contributed by atoms with Gasteiger partial charge in [0.15, 0.2) is 0 Å². The van der Waals surface area contributed by atoms with E-state index >= 15 is 0 Å². The summed E-state index contributed by atoms with van der Waals surface area (Å²) < 4.78 is 38.6. The van der Waals surface area contributed by atoms with Crippen LogP contribution in [0.2, 0.25) is 0 Å². The molecule has 4 nitrogen and oxygen atoms in total. The second-order valence-corrected chi connectivity index (χ2v) is 5.30. The first-order chi connectivity index (χ1) is 7.43. The van der Waals surface area contributed by atoms with Crippen LogP contribution in [0.1, 0.15) is 6.42 Å². The van der Waals surface area contributed by atoms with E-state index in [1.165, 1.54) is 18.2 Å². The minimum atomic E-state index is -3.83. The molecule has 0 aliphatic carbocycles. The largest absolute Gasteiger partial charge is 0.393 e. The second-order valence-electron chi connectivity index (χ2n) is 3.04. The fourth-order valence-electron chi connectivity index (χ4n) is 1.05. The Bertz CT molecular complexity index is 488. The van der Waals surface area contributed by atoms with Crippen molar-refractivity contribution in [3.8, 4) is 0 Å². The molecule has 1 rings (SSSR count). The van der Waals surface area contributed by atoms with E-state index in [4.69, 9.17) is 5.73 Å². The van der Waals surface area contributed by atoms with Crippen molar-refractivity contribution >= 4 is 27.2 Å². The molecule has 0 atom stereocenters. The van der Waals surface area contributed by atoms with E-state index in [1.54, 1.807) is 0 Å². The summed E-state index contributed by atoms with van der Waals surface area (Å²) in [6.07, 6.45) is 0.239. The van der Waals surface area contributed by atoms with Crippen LogP contribution in [0.25, 0.3) is 0 Å². The van der Waals surface area contributed by atoms with E-state index in [9.17, 15) is 12.8 Å². The van der Waals surface area contributed by atoms with E-state index in [2.05, 4.69) is 16.9 Å². The molecule has 0 spiro atoms. The number of hydrogen-bond donors (Lipinski definition) is 2. The topological polar surface area (TPSA) is 72.2 Å². The minimum Gasteiger partial charge on any atom is -0.393 e. The lowest BCUT2D eigenvalue weighted by molar-refractivity contribution is 0.558. The highest BCUT2D eigenvalue weighted by Gasteiger charge is 2.17. The lowest BCUT2D eigenvalue weighted by Crippen LogP contribution is -2.28. The maximum absolute atomic E-state index is 13.2. The molecule has 1 aromatic rings. The Morgan fingerprint density at radius 2 is 2.06 bits per heavy atom. The third-order valence-electron chi connectivity index (χ3n) is 1.79. The van der Waals surface area contributed by atoms with Gasteiger partial charge in [-0.1, -0.05) is 24.4 Å². The Balaban J connectivity index is 2.79. The molecule has 0 saturated heterocycles. The zero-order valence-electron chi connectivity index (χ0n) is 8.31. The number of rotatable bonds is 5. The maximum atomic E-state index is 13.2. The number of benzene rings is 1. The predicted octanol–water partition coefficient (Wildman–Crippen LogP) is 0.780. The maximum Gasteiger partial charge on any atom is 0.243 e. The zero-order valence-corrected chi connectivity index (χ0v) is 9.94. The van der Waals surface area contributed by atoms with Crippen molar-refractivity contribution in [3.05, 3.63) is 30.1 Å². The van der Waals surface area contributed by atoms with Crippen molar-refractivity contribution < 1.29 is 12.8 Å².